The molecular weight excluding hydrogens is 351 g/mol. The number of fused-ring (bicyclic) bond motifs is 1. The van der Waals surface area contributed by atoms with Crippen molar-refractivity contribution >= 4 is 10.8 Å². The maximum absolute atomic E-state index is 12.3. The quantitative estimate of drug-likeness (QED) is 0.332. The summed E-state index contributed by atoms with van der Waals surface area (Å²) in [4.78, 5) is 0. The first-order valence-electron chi connectivity index (χ1n) is 10.2. The first-order valence-corrected chi connectivity index (χ1v) is 11.6. The van der Waals surface area contributed by atoms with Gasteiger partial charge in [-0.1, -0.05) is 65.4 Å². The molecule has 1 aliphatic heterocycles. The zero-order chi connectivity index (χ0) is 19.2. The molecule has 2 rings (SSSR count). The van der Waals surface area contributed by atoms with Crippen LogP contribution in [0.25, 0.3) is 0 Å². The van der Waals surface area contributed by atoms with Crippen molar-refractivity contribution in [2.24, 2.45) is 0 Å². The predicted octanol–water partition coefficient (Wildman–Crippen LogP) is 3.08. The molecule has 0 N–H and O–H groups in total. The summed E-state index contributed by atoms with van der Waals surface area (Å²) in [5.74, 6) is 2.45. The Morgan fingerprint density at radius 1 is 1.04 bits per heavy atom. The molecule has 3 nitrogen and oxygen atoms in total. The van der Waals surface area contributed by atoms with Gasteiger partial charge in [0.1, 0.15) is 0 Å². The first-order chi connectivity index (χ1) is 12.6. The summed E-state index contributed by atoms with van der Waals surface area (Å²) < 4.78 is 23.0. The van der Waals surface area contributed by atoms with Crippen molar-refractivity contribution in [3.05, 3.63) is 30.7 Å². The molecule has 2 unspecified atom stereocenters. The molecule has 1 aromatic rings. The maximum atomic E-state index is 12.3. The van der Waals surface area contributed by atoms with Crippen molar-refractivity contribution in [2.45, 2.75) is 83.8 Å². The second-order valence-corrected chi connectivity index (χ2v) is 8.88. The Labute approximate surface area is 181 Å². The number of benzene rings is 1. The van der Waals surface area contributed by atoms with Crippen LogP contribution in [-0.2, 0) is 17.2 Å². The van der Waals surface area contributed by atoms with E-state index in [4.69, 9.17) is 9.47 Å². The summed E-state index contributed by atoms with van der Waals surface area (Å²) in [5, 5.41) is 0.191. The molecule has 0 radical (unpaired) electrons. The summed E-state index contributed by atoms with van der Waals surface area (Å²) in [6, 6.07) is 6.01. The van der Waals surface area contributed by atoms with Crippen molar-refractivity contribution < 1.29 is 32.5 Å². The summed E-state index contributed by atoms with van der Waals surface area (Å²) in [7, 11) is -0.743. The van der Waals surface area contributed by atoms with E-state index in [1.807, 2.05) is 18.2 Å². The Balaban J connectivity index is 0.00000123. The standard InChI is InChI=1S/C18H28O3S.C4H9.Li/c1-3-4-5-6-7-8-11-22(19)15(2)12-16-9-10-17-18(13-16)21-14-20-17;1-3-4-2;/h9-10,13,15H,3-8,11-12,14H2,1-2H3;1,3-4H2,2H3;/q;-1;+1. The third kappa shape index (κ3) is 11.2. The second kappa shape index (κ2) is 16.5. The van der Waals surface area contributed by atoms with E-state index in [1.54, 1.807) is 0 Å². The van der Waals surface area contributed by atoms with Crippen LogP contribution in [0.3, 0.4) is 0 Å². The fourth-order valence-corrected chi connectivity index (χ4v) is 3.99. The van der Waals surface area contributed by atoms with E-state index < -0.39 is 10.8 Å². The van der Waals surface area contributed by atoms with Gasteiger partial charge in [0.15, 0.2) is 11.5 Å². The fraction of sp³-hybridized carbons (Fsp3) is 0.682. The summed E-state index contributed by atoms with van der Waals surface area (Å²) in [5.41, 5.74) is 1.17. The maximum Gasteiger partial charge on any atom is 1.00 e. The van der Waals surface area contributed by atoms with Crippen LogP contribution in [0.2, 0.25) is 0 Å². The zero-order valence-corrected chi connectivity index (χ0v) is 18.7. The Morgan fingerprint density at radius 3 is 2.33 bits per heavy atom. The van der Waals surface area contributed by atoms with E-state index in [0.29, 0.717) is 6.79 Å². The molecule has 150 valence electrons. The average molecular weight is 389 g/mol. The van der Waals surface area contributed by atoms with Gasteiger partial charge in [0.05, 0.1) is 0 Å². The van der Waals surface area contributed by atoms with Crippen LogP contribution in [-0.4, -0.2) is 22.0 Å². The Hall–Kier alpha value is -0.433. The molecule has 1 heterocycles. The van der Waals surface area contributed by atoms with Gasteiger partial charge in [-0.2, -0.15) is 6.42 Å². The van der Waals surface area contributed by atoms with E-state index in [9.17, 15) is 4.21 Å². The fourth-order valence-electron chi connectivity index (χ4n) is 2.72. The summed E-state index contributed by atoms with van der Waals surface area (Å²) in [6.45, 7) is 10.3. The Bertz CT molecular complexity index is 520. The van der Waals surface area contributed by atoms with E-state index in [0.717, 1.165) is 36.5 Å². The minimum atomic E-state index is -0.743. The normalized spacial score (nSPS) is 13.9. The molecule has 27 heavy (non-hydrogen) atoms. The number of unbranched alkanes of at least 4 members (excludes halogenated alkanes) is 6. The van der Waals surface area contributed by atoms with Gasteiger partial charge in [0.2, 0.25) is 6.79 Å². The Kier molecular flexibility index (Phi) is 16.3. The monoisotopic (exact) mass is 388 g/mol. The molecule has 0 saturated heterocycles. The molecule has 1 aliphatic rings. The smallest absolute Gasteiger partial charge is 0.454 e. The summed E-state index contributed by atoms with van der Waals surface area (Å²) in [6.07, 6.45) is 10.6. The number of ether oxygens (including phenoxy) is 2. The summed E-state index contributed by atoms with van der Waals surface area (Å²) >= 11 is 0. The molecular formula is C22H37LiO3S. The Morgan fingerprint density at radius 2 is 1.67 bits per heavy atom. The van der Waals surface area contributed by atoms with Gasteiger partial charge in [-0.3, -0.25) is 4.21 Å². The molecule has 0 aliphatic carbocycles. The largest absolute Gasteiger partial charge is 1.00 e. The molecule has 0 spiro atoms. The molecule has 0 amide bonds. The van der Waals surface area contributed by atoms with Gasteiger partial charge in [0.25, 0.3) is 0 Å². The van der Waals surface area contributed by atoms with Crippen LogP contribution >= 0.6 is 0 Å². The van der Waals surface area contributed by atoms with E-state index in [2.05, 4.69) is 27.7 Å². The van der Waals surface area contributed by atoms with Gasteiger partial charge < -0.3 is 16.4 Å². The average Bonchev–Trinajstić information content (AvgIpc) is 3.12. The minimum absolute atomic E-state index is 0. The van der Waals surface area contributed by atoms with Crippen LogP contribution < -0.4 is 28.3 Å². The molecule has 0 bridgehead atoms. The number of rotatable bonds is 11. The van der Waals surface area contributed by atoms with E-state index >= 15 is 0 Å². The molecule has 5 heteroatoms. The molecule has 0 fully saturated rings. The minimum Gasteiger partial charge on any atom is -0.454 e. The van der Waals surface area contributed by atoms with Crippen LogP contribution in [0.15, 0.2) is 18.2 Å². The van der Waals surface area contributed by atoms with Crippen LogP contribution in [0.5, 0.6) is 11.5 Å². The van der Waals surface area contributed by atoms with Gasteiger partial charge in [-0.15, -0.1) is 0 Å². The van der Waals surface area contributed by atoms with Crippen molar-refractivity contribution in [3.8, 4) is 11.5 Å². The molecule has 0 saturated carbocycles. The predicted molar refractivity (Wildman–Crippen MR) is 112 cm³/mol. The van der Waals surface area contributed by atoms with E-state index in [1.165, 1.54) is 44.1 Å². The molecule has 0 aromatic heterocycles. The second-order valence-electron chi connectivity index (χ2n) is 6.91. The molecule has 2 atom stereocenters. The van der Waals surface area contributed by atoms with Gasteiger partial charge in [-0.05, 0) is 30.5 Å². The molecule has 1 aromatic carbocycles. The third-order valence-corrected chi connectivity index (χ3v) is 6.22. The van der Waals surface area contributed by atoms with Crippen molar-refractivity contribution in [2.75, 3.05) is 12.5 Å². The van der Waals surface area contributed by atoms with Crippen molar-refractivity contribution in [3.63, 3.8) is 0 Å². The number of hydrogen-bond acceptors (Lipinski definition) is 3. The van der Waals surface area contributed by atoms with E-state index in [-0.39, 0.29) is 24.1 Å². The van der Waals surface area contributed by atoms with Crippen LogP contribution in [0.4, 0.5) is 0 Å². The van der Waals surface area contributed by atoms with Crippen molar-refractivity contribution in [1.29, 1.82) is 0 Å². The third-order valence-electron chi connectivity index (χ3n) is 4.46. The van der Waals surface area contributed by atoms with Gasteiger partial charge >= 0.3 is 18.9 Å². The topological polar surface area (TPSA) is 35.5 Å². The number of hydrogen-bond donors (Lipinski definition) is 0. The van der Waals surface area contributed by atoms with Gasteiger partial charge in [0, 0.05) is 21.8 Å². The van der Waals surface area contributed by atoms with Crippen LogP contribution in [0, 0.1) is 6.92 Å². The van der Waals surface area contributed by atoms with Crippen molar-refractivity contribution in [1.82, 2.24) is 0 Å². The van der Waals surface area contributed by atoms with Gasteiger partial charge in [-0.25, -0.2) is 0 Å². The first kappa shape index (κ1) is 26.6. The zero-order valence-electron chi connectivity index (χ0n) is 17.9. The SMILES string of the molecule is CCCCCCCCS(=O)C(C)Cc1ccc2c(c1)OCO2.[CH2-]CCC.[Li+]. The van der Waals surface area contributed by atoms with Crippen LogP contribution in [0.1, 0.15) is 77.7 Å².